The number of morpholine rings is 1. The summed E-state index contributed by atoms with van der Waals surface area (Å²) in [6.45, 7) is 11.5. The van der Waals surface area contributed by atoms with E-state index in [0.717, 1.165) is 38.9 Å². The van der Waals surface area contributed by atoms with Gasteiger partial charge in [-0.1, -0.05) is 6.92 Å². The quantitative estimate of drug-likeness (QED) is 0.755. The number of hydrogen-bond donors (Lipinski definition) is 2. The molecule has 1 rings (SSSR count). The summed E-state index contributed by atoms with van der Waals surface area (Å²) in [5.74, 6) is 0. The highest BCUT2D eigenvalue weighted by molar-refractivity contribution is 4.85. The second kappa shape index (κ2) is 6.33. The van der Waals surface area contributed by atoms with E-state index in [-0.39, 0.29) is 12.2 Å². The first kappa shape index (κ1) is 15.9. The maximum Gasteiger partial charge on any atom is 0.0757 e. The van der Waals surface area contributed by atoms with Gasteiger partial charge in [0.15, 0.2) is 0 Å². The zero-order chi connectivity index (χ0) is 13.8. The standard InChI is InChI=1S/C14H30N2O2/c1-5-14(15,11-17)7-6-8-16-9-12(2)18-13(3,4)10-16/h12,17H,5-11,15H2,1-4H3. The zero-order valence-electron chi connectivity index (χ0n) is 12.4. The average Bonchev–Trinajstić information content (AvgIpc) is 2.26. The fourth-order valence-corrected chi connectivity index (χ4v) is 2.78. The van der Waals surface area contributed by atoms with E-state index in [1.165, 1.54) is 0 Å². The maximum absolute atomic E-state index is 9.29. The van der Waals surface area contributed by atoms with Crippen LogP contribution in [0.1, 0.15) is 47.0 Å². The molecule has 1 heterocycles. The molecule has 0 aromatic carbocycles. The number of aliphatic hydroxyl groups excluding tert-OH is 1. The third kappa shape index (κ3) is 4.84. The van der Waals surface area contributed by atoms with Crippen molar-refractivity contribution in [1.29, 1.82) is 0 Å². The van der Waals surface area contributed by atoms with Crippen LogP contribution in [0.15, 0.2) is 0 Å². The average molecular weight is 258 g/mol. The molecule has 4 nitrogen and oxygen atoms in total. The van der Waals surface area contributed by atoms with Gasteiger partial charge in [0.1, 0.15) is 0 Å². The van der Waals surface area contributed by atoms with Gasteiger partial charge in [-0.25, -0.2) is 0 Å². The Bertz CT molecular complexity index is 252. The van der Waals surface area contributed by atoms with Crippen LogP contribution in [-0.4, -0.2) is 53.5 Å². The number of rotatable bonds is 6. The minimum absolute atomic E-state index is 0.0563. The summed E-state index contributed by atoms with van der Waals surface area (Å²) in [5.41, 5.74) is 5.65. The van der Waals surface area contributed by atoms with Gasteiger partial charge in [-0.05, 0) is 46.6 Å². The van der Waals surface area contributed by atoms with Crippen molar-refractivity contribution < 1.29 is 9.84 Å². The topological polar surface area (TPSA) is 58.7 Å². The van der Waals surface area contributed by atoms with E-state index >= 15 is 0 Å². The molecule has 0 aromatic heterocycles. The number of nitrogens with zero attached hydrogens (tertiary/aromatic N) is 1. The van der Waals surface area contributed by atoms with E-state index in [1.807, 2.05) is 6.92 Å². The molecule has 3 N–H and O–H groups in total. The Morgan fingerprint density at radius 1 is 1.50 bits per heavy atom. The maximum atomic E-state index is 9.29. The molecule has 4 heteroatoms. The normalized spacial score (nSPS) is 28.0. The fourth-order valence-electron chi connectivity index (χ4n) is 2.78. The van der Waals surface area contributed by atoms with Gasteiger partial charge >= 0.3 is 0 Å². The summed E-state index contributed by atoms with van der Waals surface area (Å²) in [5, 5.41) is 9.29. The highest BCUT2D eigenvalue weighted by atomic mass is 16.5. The minimum atomic E-state index is -0.395. The highest BCUT2D eigenvalue weighted by Crippen LogP contribution is 2.22. The molecule has 0 saturated carbocycles. The lowest BCUT2D eigenvalue weighted by molar-refractivity contribution is -0.129. The molecular formula is C14H30N2O2. The predicted octanol–water partition coefficient (Wildman–Crippen LogP) is 1.37. The van der Waals surface area contributed by atoms with Gasteiger partial charge < -0.3 is 15.6 Å². The number of ether oxygens (including phenoxy) is 1. The van der Waals surface area contributed by atoms with Gasteiger partial charge in [-0.2, -0.15) is 0 Å². The van der Waals surface area contributed by atoms with Crippen molar-refractivity contribution in [3.63, 3.8) is 0 Å². The molecule has 2 unspecified atom stereocenters. The fraction of sp³-hybridized carbons (Fsp3) is 1.00. The third-order valence-corrected chi connectivity index (χ3v) is 3.81. The van der Waals surface area contributed by atoms with Gasteiger partial charge in [0.25, 0.3) is 0 Å². The van der Waals surface area contributed by atoms with Crippen molar-refractivity contribution >= 4 is 0 Å². The molecule has 0 spiro atoms. The van der Waals surface area contributed by atoms with Crippen molar-refractivity contribution in [2.45, 2.75) is 64.2 Å². The summed E-state index contributed by atoms with van der Waals surface area (Å²) < 4.78 is 5.89. The first-order valence-corrected chi connectivity index (χ1v) is 7.10. The molecule has 1 saturated heterocycles. The lowest BCUT2D eigenvalue weighted by Gasteiger charge is -2.42. The molecule has 0 aromatic rings. The molecule has 0 amide bonds. The summed E-state index contributed by atoms with van der Waals surface area (Å²) in [6, 6.07) is 0. The molecule has 0 radical (unpaired) electrons. The Morgan fingerprint density at radius 3 is 2.67 bits per heavy atom. The van der Waals surface area contributed by atoms with Gasteiger partial charge in [-0.3, -0.25) is 4.90 Å². The lowest BCUT2D eigenvalue weighted by atomic mass is 9.92. The third-order valence-electron chi connectivity index (χ3n) is 3.81. The van der Waals surface area contributed by atoms with Crippen molar-refractivity contribution in [3.8, 4) is 0 Å². The first-order valence-electron chi connectivity index (χ1n) is 7.10. The molecule has 18 heavy (non-hydrogen) atoms. The smallest absolute Gasteiger partial charge is 0.0757 e. The van der Waals surface area contributed by atoms with Gasteiger partial charge in [0.05, 0.1) is 18.3 Å². The Balaban J connectivity index is 2.35. The van der Waals surface area contributed by atoms with Crippen LogP contribution >= 0.6 is 0 Å². The molecular weight excluding hydrogens is 228 g/mol. The van der Waals surface area contributed by atoms with Crippen LogP contribution in [0.25, 0.3) is 0 Å². The van der Waals surface area contributed by atoms with Crippen LogP contribution < -0.4 is 5.73 Å². The van der Waals surface area contributed by atoms with E-state index in [9.17, 15) is 5.11 Å². The van der Waals surface area contributed by atoms with Crippen molar-refractivity contribution in [2.24, 2.45) is 5.73 Å². The molecule has 1 aliphatic rings. The molecule has 0 aliphatic carbocycles. The van der Waals surface area contributed by atoms with E-state index in [2.05, 4.69) is 25.7 Å². The van der Waals surface area contributed by atoms with Crippen LogP contribution in [0.4, 0.5) is 0 Å². The molecule has 1 aliphatic heterocycles. The zero-order valence-corrected chi connectivity index (χ0v) is 12.4. The SMILES string of the molecule is CCC(N)(CO)CCCN1CC(C)OC(C)(C)C1. The second-order valence-corrected chi connectivity index (χ2v) is 6.40. The van der Waals surface area contributed by atoms with Crippen LogP contribution in [0.2, 0.25) is 0 Å². The van der Waals surface area contributed by atoms with Crippen molar-refractivity contribution in [2.75, 3.05) is 26.2 Å². The Morgan fingerprint density at radius 2 is 2.17 bits per heavy atom. The highest BCUT2D eigenvalue weighted by Gasteiger charge is 2.31. The number of hydrogen-bond acceptors (Lipinski definition) is 4. The minimum Gasteiger partial charge on any atom is -0.394 e. The number of nitrogens with two attached hydrogens (primary N) is 1. The molecule has 1 fully saturated rings. The molecule has 0 bridgehead atoms. The second-order valence-electron chi connectivity index (χ2n) is 6.40. The van der Waals surface area contributed by atoms with Gasteiger partial charge in [-0.15, -0.1) is 0 Å². The lowest BCUT2D eigenvalue weighted by Crippen LogP contribution is -2.52. The van der Waals surface area contributed by atoms with Crippen LogP contribution in [0.5, 0.6) is 0 Å². The van der Waals surface area contributed by atoms with E-state index < -0.39 is 5.54 Å². The Hall–Kier alpha value is -0.160. The monoisotopic (exact) mass is 258 g/mol. The van der Waals surface area contributed by atoms with E-state index in [4.69, 9.17) is 10.5 Å². The Labute approximate surface area is 111 Å². The van der Waals surface area contributed by atoms with E-state index in [1.54, 1.807) is 0 Å². The van der Waals surface area contributed by atoms with E-state index in [0.29, 0.717) is 6.10 Å². The van der Waals surface area contributed by atoms with Gasteiger partial charge in [0, 0.05) is 18.6 Å². The summed E-state index contributed by atoms with van der Waals surface area (Å²) in [6.07, 6.45) is 3.04. The number of aliphatic hydroxyl groups is 1. The van der Waals surface area contributed by atoms with Crippen molar-refractivity contribution in [1.82, 2.24) is 4.90 Å². The first-order chi connectivity index (χ1) is 8.30. The summed E-state index contributed by atoms with van der Waals surface area (Å²) in [4.78, 5) is 2.45. The van der Waals surface area contributed by atoms with Crippen LogP contribution in [-0.2, 0) is 4.74 Å². The predicted molar refractivity (Wildman–Crippen MR) is 74.6 cm³/mol. The molecule has 2 atom stereocenters. The van der Waals surface area contributed by atoms with Crippen LogP contribution in [0.3, 0.4) is 0 Å². The Kier molecular flexibility index (Phi) is 5.59. The largest absolute Gasteiger partial charge is 0.394 e. The summed E-state index contributed by atoms with van der Waals surface area (Å²) >= 11 is 0. The van der Waals surface area contributed by atoms with Crippen molar-refractivity contribution in [3.05, 3.63) is 0 Å². The summed E-state index contributed by atoms with van der Waals surface area (Å²) in [7, 11) is 0. The van der Waals surface area contributed by atoms with Crippen LogP contribution in [0, 0.1) is 0 Å². The molecule has 108 valence electrons. The van der Waals surface area contributed by atoms with Gasteiger partial charge in [0.2, 0.25) is 0 Å².